The van der Waals surface area contributed by atoms with Crippen LogP contribution in [0.5, 0.6) is 0 Å². The highest BCUT2D eigenvalue weighted by Gasteiger charge is 2.31. The molecule has 21 heavy (non-hydrogen) atoms. The van der Waals surface area contributed by atoms with Gasteiger partial charge in [-0.3, -0.25) is 4.90 Å². The van der Waals surface area contributed by atoms with Crippen molar-refractivity contribution in [2.24, 2.45) is 0 Å². The topological polar surface area (TPSA) is 49.8 Å². The molecule has 1 fully saturated rings. The van der Waals surface area contributed by atoms with E-state index in [1.54, 1.807) is 0 Å². The van der Waals surface area contributed by atoms with Crippen LogP contribution in [0.2, 0.25) is 5.02 Å². The van der Waals surface area contributed by atoms with Gasteiger partial charge in [0.2, 0.25) is 0 Å². The number of carboxylic acids is 1. The minimum Gasteiger partial charge on any atom is -0.480 e. The number of carboxylic acid groups (broad SMARTS) is 1. The zero-order valence-electron chi connectivity index (χ0n) is 11.9. The fourth-order valence-corrected chi connectivity index (χ4v) is 3.68. The highest BCUT2D eigenvalue weighted by atomic mass is 35.5. The first-order valence-electron chi connectivity index (χ1n) is 7.49. The predicted octanol–water partition coefficient (Wildman–Crippen LogP) is 2.89. The summed E-state index contributed by atoms with van der Waals surface area (Å²) in [6.45, 7) is 1.75. The minimum absolute atomic E-state index is 0.0865. The molecule has 1 unspecified atom stereocenters. The molecule has 0 bridgehead atoms. The van der Waals surface area contributed by atoms with E-state index >= 15 is 0 Å². The van der Waals surface area contributed by atoms with Crippen LogP contribution in [0.1, 0.15) is 36.4 Å². The molecule has 1 saturated heterocycles. The van der Waals surface area contributed by atoms with Gasteiger partial charge in [-0.25, -0.2) is 4.79 Å². The number of aliphatic carboxylic acids is 1. The van der Waals surface area contributed by atoms with Crippen molar-refractivity contribution < 1.29 is 14.6 Å². The summed E-state index contributed by atoms with van der Waals surface area (Å²) in [4.78, 5) is 13.0. The summed E-state index contributed by atoms with van der Waals surface area (Å²) < 4.78 is 5.40. The molecule has 1 aliphatic heterocycles. The molecule has 0 spiro atoms. The van der Waals surface area contributed by atoms with E-state index in [-0.39, 0.29) is 12.7 Å². The average molecular weight is 310 g/mol. The van der Waals surface area contributed by atoms with Crippen LogP contribution in [0, 0.1) is 0 Å². The molecule has 1 aromatic carbocycles. The first kappa shape index (κ1) is 14.8. The molecule has 1 aliphatic carbocycles. The molecule has 1 heterocycles. The van der Waals surface area contributed by atoms with Crippen molar-refractivity contribution in [1.29, 1.82) is 0 Å². The number of halogens is 1. The number of fused-ring (bicyclic) bond motifs is 1. The van der Waals surface area contributed by atoms with Crippen molar-refractivity contribution >= 4 is 17.6 Å². The van der Waals surface area contributed by atoms with Crippen LogP contribution in [-0.2, 0) is 16.0 Å². The standard InChI is InChI=1S/C16H20ClNO3/c17-12-2-3-14-11(9-12)1-4-15(14)18-7-5-13(6-8-18)21-10-16(19)20/h2-3,9,13,15H,1,4-8,10H2,(H,19,20). The van der Waals surface area contributed by atoms with E-state index in [2.05, 4.69) is 17.0 Å². The highest BCUT2D eigenvalue weighted by Crippen LogP contribution is 2.38. The molecule has 1 N–H and O–H groups in total. The zero-order valence-corrected chi connectivity index (χ0v) is 12.7. The SMILES string of the molecule is O=C(O)COC1CCN(C2CCc3cc(Cl)ccc32)CC1. The van der Waals surface area contributed by atoms with Crippen LogP contribution in [-0.4, -0.2) is 41.8 Å². The first-order chi connectivity index (χ1) is 10.1. The van der Waals surface area contributed by atoms with Crippen LogP contribution < -0.4 is 0 Å². The second-order valence-corrected chi connectivity index (χ2v) is 6.27. The van der Waals surface area contributed by atoms with Gasteiger partial charge in [-0.1, -0.05) is 17.7 Å². The van der Waals surface area contributed by atoms with Crippen molar-refractivity contribution in [1.82, 2.24) is 4.90 Å². The molecule has 5 heteroatoms. The van der Waals surface area contributed by atoms with Crippen LogP contribution in [0.3, 0.4) is 0 Å². The zero-order chi connectivity index (χ0) is 14.8. The summed E-state index contributed by atoms with van der Waals surface area (Å²) in [5, 5.41) is 9.47. The number of benzene rings is 1. The van der Waals surface area contributed by atoms with Gasteiger partial charge in [-0.05, 0) is 48.9 Å². The Balaban J connectivity index is 1.58. The fourth-order valence-electron chi connectivity index (χ4n) is 3.49. The van der Waals surface area contributed by atoms with Gasteiger partial charge in [0, 0.05) is 24.2 Å². The van der Waals surface area contributed by atoms with Crippen molar-refractivity contribution in [3.63, 3.8) is 0 Å². The molecule has 3 rings (SSSR count). The van der Waals surface area contributed by atoms with Gasteiger partial charge < -0.3 is 9.84 Å². The third-order valence-electron chi connectivity index (χ3n) is 4.51. The Kier molecular flexibility index (Phi) is 4.48. The van der Waals surface area contributed by atoms with Crippen LogP contribution in [0.4, 0.5) is 0 Å². The van der Waals surface area contributed by atoms with Gasteiger partial charge in [0.15, 0.2) is 0 Å². The molecule has 4 nitrogen and oxygen atoms in total. The monoisotopic (exact) mass is 309 g/mol. The average Bonchev–Trinajstić information content (AvgIpc) is 2.88. The summed E-state index contributed by atoms with van der Waals surface area (Å²) in [5.74, 6) is -0.890. The molecule has 0 saturated carbocycles. The predicted molar refractivity (Wildman–Crippen MR) is 80.7 cm³/mol. The summed E-state index contributed by atoms with van der Waals surface area (Å²) in [5.41, 5.74) is 2.78. The van der Waals surface area contributed by atoms with Crippen molar-refractivity contribution in [3.8, 4) is 0 Å². The Morgan fingerprint density at radius 2 is 2.10 bits per heavy atom. The lowest BCUT2D eigenvalue weighted by atomic mass is 10.0. The van der Waals surface area contributed by atoms with E-state index in [1.807, 2.05) is 6.07 Å². The number of hydrogen-bond donors (Lipinski definition) is 1. The maximum absolute atomic E-state index is 10.5. The van der Waals surface area contributed by atoms with E-state index in [4.69, 9.17) is 21.4 Å². The van der Waals surface area contributed by atoms with Gasteiger partial charge in [-0.2, -0.15) is 0 Å². The lowest BCUT2D eigenvalue weighted by Gasteiger charge is -2.36. The number of rotatable bonds is 4. The maximum atomic E-state index is 10.5. The molecule has 0 aromatic heterocycles. The number of nitrogens with zero attached hydrogens (tertiary/aromatic N) is 1. The van der Waals surface area contributed by atoms with Gasteiger partial charge in [-0.15, -0.1) is 0 Å². The molecule has 114 valence electrons. The van der Waals surface area contributed by atoms with Crippen LogP contribution in [0.25, 0.3) is 0 Å². The van der Waals surface area contributed by atoms with E-state index in [9.17, 15) is 4.79 Å². The number of carbonyl (C=O) groups is 1. The van der Waals surface area contributed by atoms with Crippen molar-refractivity contribution in [2.75, 3.05) is 19.7 Å². The Morgan fingerprint density at radius 3 is 2.81 bits per heavy atom. The van der Waals surface area contributed by atoms with Crippen molar-refractivity contribution in [3.05, 3.63) is 34.3 Å². The highest BCUT2D eigenvalue weighted by molar-refractivity contribution is 6.30. The first-order valence-corrected chi connectivity index (χ1v) is 7.87. The molecule has 2 aliphatic rings. The third-order valence-corrected chi connectivity index (χ3v) is 4.75. The van der Waals surface area contributed by atoms with Crippen molar-refractivity contribution in [2.45, 2.75) is 37.8 Å². The van der Waals surface area contributed by atoms with Crippen LogP contribution >= 0.6 is 11.6 Å². The maximum Gasteiger partial charge on any atom is 0.329 e. The second-order valence-electron chi connectivity index (χ2n) is 5.84. The molecule has 0 amide bonds. The lowest BCUT2D eigenvalue weighted by Crippen LogP contribution is -2.39. The summed E-state index contributed by atoms with van der Waals surface area (Å²) in [6, 6.07) is 6.70. The van der Waals surface area contributed by atoms with E-state index in [0.29, 0.717) is 6.04 Å². The third kappa shape index (κ3) is 3.39. The van der Waals surface area contributed by atoms with E-state index in [0.717, 1.165) is 43.8 Å². The summed E-state index contributed by atoms with van der Waals surface area (Å²) in [7, 11) is 0. The Hall–Kier alpha value is -1.10. The smallest absolute Gasteiger partial charge is 0.329 e. The number of likely N-dealkylation sites (tertiary alicyclic amines) is 1. The fraction of sp³-hybridized carbons (Fsp3) is 0.562. The molecular weight excluding hydrogens is 290 g/mol. The Morgan fingerprint density at radius 1 is 1.33 bits per heavy atom. The quantitative estimate of drug-likeness (QED) is 0.929. The summed E-state index contributed by atoms with van der Waals surface area (Å²) in [6.07, 6.45) is 4.15. The Labute approximate surface area is 129 Å². The van der Waals surface area contributed by atoms with Gasteiger partial charge in [0.1, 0.15) is 6.61 Å². The molecule has 1 aromatic rings. The number of aryl methyl sites for hydroxylation is 1. The lowest BCUT2D eigenvalue weighted by molar-refractivity contribution is -0.145. The molecular formula is C16H20ClNO3. The normalized spacial score (nSPS) is 23.2. The number of piperidine rings is 1. The summed E-state index contributed by atoms with van der Waals surface area (Å²) >= 11 is 6.06. The minimum atomic E-state index is -0.890. The largest absolute Gasteiger partial charge is 0.480 e. The Bertz CT molecular complexity index is 526. The van der Waals surface area contributed by atoms with E-state index < -0.39 is 5.97 Å². The number of ether oxygens (including phenoxy) is 1. The van der Waals surface area contributed by atoms with Gasteiger partial charge >= 0.3 is 5.97 Å². The van der Waals surface area contributed by atoms with Crippen LogP contribution in [0.15, 0.2) is 18.2 Å². The molecule has 0 radical (unpaired) electrons. The number of hydrogen-bond acceptors (Lipinski definition) is 3. The van der Waals surface area contributed by atoms with E-state index in [1.165, 1.54) is 11.1 Å². The molecule has 1 atom stereocenters. The van der Waals surface area contributed by atoms with Gasteiger partial charge in [0.05, 0.1) is 6.10 Å². The second kappa shape index (κ2) is 6.34. The van der Waals surface area contributed by atoms with Gasteiger partial charge in [0.25, 0.3) is 0 Å².